The second kappa shape index (κ2) is 8.59. The normalized spacial score (nSPS) is 10.7. The number of carbonyl (C=O) groups is 1. The van der Waals surface area contributed by atoms with E-state index in [1.807, 2.05) is 30.9 Å². The average molecular weight is 279 g/mol. The van der Waals surface area contributed by atoms with Gasteiger partial charge in [-0.2, -0.15) is 0 Å². The maximum absolute atomic E-state index is 11.4. The van der Waals surface area contributed by atoms with E-state index in [2.05, 4.69) is 19.9 Å². The third-order valence-corrected chi connectivity index (χ3v) is 2.98. The number of esters is 1. The van der Waals surface area contributed by atoms with E-state index in [1.54, 1.807) is 0 Å². The molecule has 0 aliphatic rings. The number of rotatable bonds is 8. The van der Waals surface area contributed by atoms with E-state index in [4.69, 9.17) is 9.47 Å². The smallest absolute Gasteiger partial charge is 0.320 e. The number of hydrogen-bond acceptors (Lipinski definition) is 4. The van der Waals surface area contributed by atoms with Gasteiger partial charge in [0.15, 0.2) is 0 Å². The molecule has 1 rings (SSSR count). The summed E-state index contributed by atoms with van der Waals surface area (Å²) in [5, 5.41) is 0. The van der Waals surface area contributed by atoms with Crippen molar-refractivity contribution in [3.8, 4) is 5.75 Å². The van der Waals surface area contributed by atoms with Crippen molar-refractivity contribution >= 4 is 5.97 Å². The minimum Gasteiger partial charge on any atom is -0.492 e. The second-order valence-corrected chi connectivity index (χ2v) is 4.85. The Hall–Kier alpha value is -1.55. The standard InChI is InChI=1S/C16H25NO3/c1-5-17(12-16(18)19-6-2)7-8-20-15-10-13(3)9-14(4)11-15/h9-11H,5-8,12H2,1-4H3. The predicted octanol–water partition coefficient (Wildman–Crippen LogP) is 2.57. The van der Waals surface area contributed by atoms with Crippen LogP contribution in [0.3, 0.4) is 0 Å². The van der Waals surface area contributed by atoms with Crippen molar-refractivity contribution in [2.24, 2.45) is 0 Å². The number of ether oxygens (including phenoxy) is 2. The lowest BCUT2D eigenvalue weighted by molar-refractivity contribution is -0.144. The fourth-order valence-corrected chi connectivity index (χ4v) is 2.05. The molecule has 0 saturated carbocycles. The summed E-state index contributed by atoms with van der Waals surface area (Å²) in [6.45, 7) is 10.8. The van der Waals surface area contributed by atoms with E-state index in [1.165, 1.54) is 11.1 Å². The molecular weight excluding hydrogens is 254 g/mol. The molecule has 0 N–H and O–H groups in total. The van der Waals surface area contributed by atoms with Gasteiger partial charge in [0.1, 0.15) is 12.4 Å². The molecule has 112 valence electrons. The number of benzene rings is 1. The minimum absolute atomic E-state index is 0.180. The monoisotopic (exact) mass is 279 g/mol. The van der Waals surface area contributed by atoms with Gasteiger partial charge in [0.2, 0.25) is 0 Å². The zero-order valence-electron chi connectivity index (χ0n) is 12.9. The summed E-state index contributed by atoms with van der Waals surface area (Å²) in [5.41, 5.74) is 2.39. The molecule has 0 unspecified atom stereocenters. The van der Waals surface area contributed by atoms with Gasteiger partial charge in [-0.25, -0.2) is 0 Å². The van der Waals surface area contributed by atoms with E-state index in [9.17, 15) is 4.79 Å². The summed E-state index contributed by atoms with van der Waals surface area (Å²) < 4.78 is 10.7. The SMILES string of the molecule is CCOC(=O)CN(CC)CCOc1cc(C)cc(C)c1. The molecule has 0 aliphatic heterocycles. The highest BCUT2D eigenvalue weighted by molar-refractivity contribution is 5.71. The Morgan fingerprint density at radius 2 is 1.80 bits per heavy atom. The number of aryl methyl sites for hydroxylation is 2. The number of carbonyl (C=O) groups excluding carboxylic acids is 1. The quantitative estimate of drug-likeness (QED) is 0.686. The maximum atomic E-state index is 11.4. The highest BCUT2D eigenvalue weighted by Gasteiger charge is 2.09. The van der Waals surface area contributed by atoms with Gasteiger partial charge in [0.25, 0.3) is 0 Å². The first-order chi connectivity index (χ1) is 9.55. The third kappa shape index (κ3) is 6.06. The summed E-state index contributed by atoms with van der Waals surface area (Å²) in [6.07, 6.45) is 0. The zero-order valence-corrected chi connectivity index (χ0v) is 12.9. The molecule has 0 spiro atoms. The van der Waals surface area contributed by atoms with Crippen molar-refractivity contribution in [1.82, 2.24) is 4.90 Å². The van der Waals surface area contributed by atoms with Crippen molar-refractivity contribution in [3.63, 3.8) is 0 Å². The molecule has 0 saturated heterocycles. The summed E-state index contributed by atoms with van der Waals surface area (Å²) >= 11 is 0. The van der Waals surface area contributed by atoms with Crippen LogP contribution < -0.4 is 4.74 Å². The van der Waals surface area contributed by atoms with Gasteiger partial charge in [-0.15, -0.1) is 0 Å². The Labute approximate surface area is 121 Å². The Morgan fingerprint density at radius 3 is 2.35 bits per heavy atom. The fourth-order valence-electron chi connectivity index (χ4n) is 2.05. The van der Waals surface area contributed by atoms with Crippen LogP contribution >= 0.6 is 0 Å². The van der Waals surface area contributed by atoms with Crippen LogP contribution in [-0.2, 0) is 9.53 Å². The molecule has 4 heteroatoms. The van der Waals surface area contributed by atoms with Gasteiger partial charge in [0, 0.05) is 6.54 Å². The maximum Gasteiger partial charge on any atom is 0.320 e. The van der Waals surface area contributed by atoms with E-state index in [0.717, 1.165) is 12.3 Å². The van der Waals surface area contributed by atoms with Crippen LogP contribution in [-0.4, -0.2) is 43.7 Å². The summed E-state index contributed by atoms with van der Waals surface area (Å²) in [4.78, 5) is 13.4. The molecule has 0 radical (unpaired) electrons. The van der Waals surface area contributed by atoms with Crippen molar-refractivity contribution < 1.29 is 14.3 Å². The van der Waals surface area contributed by atoms with Crippen LogP contribution in [0.15, 0.2) is 18.2 Å². The Kier molecular flexibility index (Phi) is 7.09. The van der Waals surface area contributed by atoms with Crippen LogP contribution in [0.2, 0.25) is 0 Å². The average Bonchev–Trinajstić information content (AvgIpc) is 2.36. The van der Waals surface area contributed by atoms with E-state index < -0.39 is 0 Å². The molecule has 20 heavy (non-hydrogen) atoms. The van der Waals surface area contributed by atoms with Crippen LogP contribution in [0.4, 0.5) is 0 Å². The lowest BCUT2D eigenvalue weighted by Crippen LogP contribution is -2.34. The molecule has 0 aromatic heterocycles. The summed E-state index contributed by atoms with van der Waals surface area (Å²) in [5.74, 6) is 0.704. The molecule has 0 heterocycles. The molecule has 1 aromatic carbocycles. The molecule has 0 atom stereocenters. The molecule has 0 bridgehead atoms. The fraction of sp³-hybridized carbons (Fsp3) is 0.562. The first-order valence-electron chi connectivity index (χ1n) is 7.14. The lowest BCUT2D eigenvalue weighted by atomic mass is 10.1. The van der Waals surface area contributed by atoms with Gasteiger partial charge >= 0.3 is 5.97 Å². The number of hydrogen-bond donors (Lipinski definition) is 0. The number of likely N-dealkylation sites (N-methyl/N-ethyl adjacent to an activating group) is 1. The van der Waals surface area contributed by atoms with Gasteiger partial charge in [-0.3, -0.25) is 9.69 Å². The summed E-state index contributed by atoms with van der Waals surface area (Å²) in [7, 11) is 0. The van der Waals surface area contributed by atoms with E-state index >= 15 is 0 Å². The third-order valence-electron chi connectivity index (χ3n) is 2.98. The summed E-state index contributed by atoms with van der Waals surface area (Å²) in [6, 6.07) is 6.16. The van der Waals surface area contributed by atoms with Gasteiger partial charge in [-0.1, -0.05) is 13.0 Å². The molecule has 0 aliphatic carbocycles. The van der Waals surface area contributed by atoms with Crippen LogP contribution in [0.5, 0.6) is 5.75 Å². The van der Waals surface area contributed by atoms with Gasteiger partial charge < -0.3 is 9.47 Å². The first-order valence-corrected chi connectivity index (χ1v) is 7.14. The number of nitrogens with zero attached hydrogens (tertiary/aromatic N) is 1. The van der Waals surface area contributed by atoms with Crippen molar-refractivity contribution in [3.05, 3.63) is 29.3 Å². The van der Waals surface area contributed by atoms with E-state index in [0.29, 0.717) is 26.3 Å². The minimum atomic E-state index is -0.180. The largest absolute Gasteiger partial charge is 0.492 e. The predicted molar refractivity (Wildman–Crippen MR) is 80.2 cm³/mol. The van der Waals surface area contributed by atoms with Gasteiger partial charge in [0.05, 0.1) is 13.2 Å². The second-order valence-electron chi connectivity index (χ2n) is 4.85. The first kappa shape index (κ1) is 16.5. The van der Waals surface area contributed by atoms with Crippen molar-refractivity contribution in [1.29, 1.82) is 0 Å². The topological polar surface area (TPSA) is 38.8 Å². The highest BCUT2D eigenvalue weighted by atomic mass is 16.5. The molecule has 0 fully saturated rings. The van der Waals surface area contributed by atoms with Gasteiger partial charge in [-0.05, 0) is 50.6 Å². The van der Waals surface area contributed by atoms with E-state index in [-0.39, 0.29) is 5.97 Å². The Morgan fingerprint density at radius 1 is 1.15 bits per heavy atom. The molecule has 4 nitrogen and oxygen atoms in total. The molecule has 0 amide bonds. The van der Waals surface area contributed by atoms with Crippen molar-refractivity contribution in [2.45, 2.75) is 27.7 Å². The van der Waals surface area contributed by atoms with Crippen molar-refractivity contribution in [2.75, 3.05) is 32.8 Å². The molecular formula is C16H25NO3. The van der Waals surface area contributed by atoms with Crippen LogP contribution in [0.1, 0.15) is 25.0 Å². The van der Waals surface area contributed by atoms with Crippen LogP contribution in [0.25, 0.3) is 0 Å². The van der Waals surface area contributed by atoms with Crippen LogP contribution in [0, 0.1) is 13.8 Å². The Balaban J connectivity index is 2.39. The molecule has 1 aromatic rings. The highest BCUT2D eigenvalue weighted by Crippen LogP contribution is 2.16. The zero-order chi connectivity index (χ0) is 15.0. The Bertz CT molecular complexity index is 411. The lowest BCUT2D eigenvalue weighted by Gasteiger charge is -2.19.